The zero-order chi connectivity index (χ0) is 22.7. The van der Waals surface area contributed by atoms with Gasteiger partial charge in [-0.2, -0.15) is 0 Å². The third kappa shape index (κ3) is 8.89. The van der Waals surface area contributed by atoms with Crippen LogP contribution in [0.1, 0.15) is 115 Å². The highest BCUT2D eigenvalue weighted by Gasteiger charge is 2.30. The molecule has 0 aliphatic carbocycles. The van der Waals surface area contributed by atoms with Gasteiger partial charge in [0, 0.05) is 0 Å². The monoisotopic (exact) mass is 418 g/mol. The van der Waals surface area contributed by atoms with Crippen LogP contribution in [0.5, 0.6) is 0 Å². The highest BCUT2D eigenvalue weighted by molar-refractivity contribution is 5.80. The van der Waals surface area contributed by atoms with Gasteiger partial charge >= 0.3 is 11.9 Å². The lowest BCUT2D eigenvalue weighted by Gasteiger charge is -2.24. The molecule has 4 nitrogen and oxygen atoms in total. The number of hydrogen-bond donors (Lipinski definition) is 2. The molecule has 4 heteroatoms. The average molecular weight is 419 g/mol. The van der Waals surface area contributed by atoms with Crippen LogP contribution in [0.3, 0.4) is 0 Å². The van der Waals surface area contributed by atoms with Crippen LogP contribution < -0.4 is 0 Å². The lowest BCUT2D eigenvalue weighted by molar-refractivity contribution is -0.140. The van der Waals surface area contributed by atoms with Crippen LogP contribution in [0.4, 0.5) is 0 Å². The molecule has 0 bridgehead atoms. The maximum atomic E-state index is 12.1. The standard InChI is InChI=1S/C26H42O4/c1-6-7-8-9-10-11-12-20-13-14-21(23(25(27)28)15-18(2)3)22(17-20)24(26(29)30)16-19(4)5/h13-14,17-19,23-24H,6-12,15-16H2,1-5H3,(H,27,28)(H,29,30). The summed E-state index contributed by atoms with van der Waals surface area (Å²) in [6, 6.07) is 5.88. The topological polar surface area (TPSA) is 74.6 Å². The highest BCUT2D eigenvalue weighted by Crippen LogP contribution is 2.35. The summed E-state index contributed by atoms with van der Waals surface area (Å²) in [5.41, 5.74) is 2.50. The van der Waals surface area contributed by atoms with E-state index in [1.54, 1.807) is 0 Å². The van der Waals surface area contributed by atoms with Gasteiger partial charge in [-0.05, 0) is 54.2 Å². The first-order valence-corrected chi connectivity index (χ1v) is 11.8. The van der Waals surface area contributed by atoms with E-state index in [0.29, 0.717) is 24.0 Å². The molecular weight excluding hydrogens is 376 g/mol. The van der Waals surface area contributed by atoms with Crippen molar-refractivity contribution in [3.8, 4) is 0 Å². The van der Waals surface area contributed by atoms with Gasteiger partial charge in [0.2, 0.25) is 0 Å². The molecular formula is C26H42O4. The van der Waals surface area contributed by atoms with Gasteiger partial charge in [-0.15, -0.1) is 0 Å². The fourth-order valence-corrected chi connectivity index (χ4v) is 4.17. The Labute approximate surface area is 183 Å². The Morgan fingerprint density at radius 1 is 0.767 bits per heavy atom. The van der Waals surface area contributed by atoms with E-state index in [-0.39, 0.29) is 11.8 Å². The Bertz CT molecular complexity index is 663. The molecule has 1 aromatic rings. The number of benzene rings is 1. The third-order valence-corrected chi connectivity index (χ3v) is 5.73. The van der Waals surface area contributed by atoms with E-state index in [2.05, 4.69) is 6.92 Å². The number of carboxylic acid groups (broad SMARTS) is 2. The van der Waals surface area contributed by atoms with Crippen molar-refractivity contribution < 1.29 is 19.8 Å². The Balaban J connectivity index is 3.19. The van der Waals surface area contributed by atoms with E-state index >= 15 is 0 Å². The Morgan fingerprint density at radius 3 is 1.77 bits per heavy atom. The fraction of sp³-hybridized carbons (Fsp3) is 0.692. The molecule has 0 aliphatic heterocycles. The van der Waals surface area contributed by atoms with Gasteiger partial charge in [-0.25, -0.2) is 0 Å². The maximum absolute atomic E-state index is 12.1. The van der Waals surface area contributed by atoms with Crippen LogP contribution in [0.15, 0.2) is 18.2 Å². The second-order valence-electron chi connectivity index (χ2n) is 9.52. The van der Waals surface area contributed by atoms with E-state index in [0.717, 1.165) is 18.4 Å². The summed E-state index contributed by atoms with van der Waals surface area (Å²) < 4.78 is 0. The van der Waals surface area contributed by atoms with E-state index < -0.39 is 23.8 Å². The second kappa shape index (κ2) is 13.5. The number of aryl methyl sites for hydroxylation is 1. The number of unbranched alkanes of at least 4 members (excludes halogenated alkanes) is 5. The van der Waals surface area contributed by atoms with Crippen molar-refractivity contribution in [2.45, 2.75) is 104 Å². The van der Waals surface area contributed by atoms with Gasteiger partial charge in [-0.1, -0.05) is 84.9 Å². The first kappa shape index (κ1) is 26.2. The van der Waals surface area contributed by atoms with Gasteiger partial charge < -0.3 is 10.2 Å². The van der Waals surface area contributed by atoms with Crippen molar-refractivity contribution >= 4 is 11.9 Å². The number of carboxylic acids is 2. The molecule has 1 aromatic carbocycles. The minimum atomic E-state index is -0.873. The fourth-order valence-electron chi connectivity index (χ4n) is 4.17. The Morgan fingerprint density at radius 2 is 1.27 bits per heavy atom. The van der Waals surface area contributed by atoms with Gasteiger partial charge in [-0.3, -0.25) is 9.59 Å². The Hall–Kier alpha value is -1.84. The number of hydrogen-bond acceptors (Lipinski definition) is 2. The summed E-state index contributed by atoms with van der Waals surface area (Å²) >= 11 is 0. The summed E-state index contributed by atoms with van der Waals surface area (Å²) in [5.74, 6) is -2.64. The number of rotatable bonds is 15. The minimum absolute atomic E-state index is 0.217. The second-order valence-corrected chi connectivity index (χ2v) is 9.52. The van der Waals surface area contributed by atoms with Crippen LogP contribution in [0.2, 0.25) is 0 Å². The zero-order valence-electron chi connectivity index (χ0n) is 19.6. The lowest BCUT2D eigenvalue weighted by Crippen LogP contribution is -2.21. The minimum Gasteiger partial charge on any atom is -0.481 e. The summed E-state index contributed by atoms with van der Waals surface area (Å²) in [4.78, 5) is 24.2. The first-order valence-electron chi connectivity index (χ1n) is 11.8. The van der Waals surface area contributed by atoms with Crippen LogP contribution in [-0.4, -0.2) is 22.2 Å². The van der Waals surface area contributed by atoms with Crippen LogP contribution in [-0.2, 0) is 16.0 Å². The molecule has 0 spiro atoms. The van der Waals surface area contributed by atoms with Crippen LogP contribution in [0.25, 0.3) is 0 Å². The molecule has 0 aliphatic rings. The van der Waals surface area contributed by atoms with Crippen molar-refractivity contribution in [3.63, 3.8) is 0 Å². The Kier molecular flexibility index (Phi) is 11.8. The van der Waals surface area contributed by atoms with Crippen molar-refractivity contribution in [3.05, 3.63) is 34.9 Å². The molecule has 0 radical (unpaired) electrons. The molecule has 2 N–H and O–H groups in total. The quantitative estimate of drug-likeness (QED) is 0.300. The molecule has 30 heavy (non-hydrogen) atoms. The number of carbonyl (C=O) groups is 2. The number of aliphatic carboxylic acids is 2. The molecule has 1 rings (SSSR count). The van der Waals surface area contributed by atoms with Gasteiger partial charge in [0.25, 0.3) is 0 Å². The molecule has 170 valence electrons. The van der Waals surface area contributed by atoms with Crippen molar-refractivity contribution in [1.29, 1.82) is 0 Å². The van der Waals surface area contributed by atoms with E-state index in [4.69, 9.17) is 0 Å². The third-order valence-electron chi connectivity index (χ3n) is 5.73. The smallest absolute Gasteiger partial charge is 0.310 e. The van der Waals surface area contributed by atoms with E-state index in [1.807, 2.05) is 45.9 Å². The summed E-state index contributed by atoms with van der Waals surface area (Å²) in [7, 11) is 0. The van der Waals surface area contributed by atoms with Crippen LogP contribution in [0, 0.1) is 11.8 Å². The molecule has 2 unspecified atom stereocenters. The molecule has 0 saturated carbocycles. The summed E-state index contributed by atoms with van der Waals surface area (Å²) in [5, 5.41) is 19.8. The predicted molar refractivity (Wildman–Crippen MR) is 123 cm³/mol. The SMILES string of the molecule is CCCCCCCCc1ccc(C(CC(C)C)C(=O)O)c(C(CC(C)C)C(=O)O)c1. The molecule has 0 fully saturated rings. The average Bonchev–Trinajstić information content (AvgIpc) is 2.66. The van der Waals surface area contributed by atoms with Gasteiger partial charge in [0.15, 0.2) is 0 Å². The van der Waals surface area contributed by atoms with Crippen molar-refractivity contribution in [2.24, 2.45) is 11.8 Å². The lowest BCUT2D eigenvalue weighted by atomic mass is 9.80. The molecule has 0 heterocycles. The van der Waals surface area contributed by atoms with Gasteiger partial charge in [0.1, 0.15) is 0 Å². The summed E-state index contributed by atoms with van der Waals surface area (Å²) in [6.07, 6.45) is 9.21. The summed E-state index contributed by atoms with van der Waals surface area (Å²) in [6.45, 7) is 10.2. The molecule has 2 atom stereocenters. The maximum Gasteiger partial charge on any atom is 0.310 e. The van der Waals surface area contributed by atoms with Crippen LogP contribution >= 0.6 is 0 Å². The van der Waals surface area contributed by atoms with Gasteiger partial charge in [0.05, 0.1) is 11.8 Å². The van der Waals surface area contributed by atoms with E-state index in [9.17, 15) is 19.8 Å². The highest BCUT2D eigenvalue weighted by atomic mass is 16.4. The van der Waals surface area contributed by atoms with Crippen molar-refractivity contribution in [2.75, 3.05) is 0 Å². The first-order chi connectivity index (χ1) is 14.2. The normalized spacial score (nSPS) is 13.6. The molecule has 0 aromatic heterocycles. The van der Waals surface area contributed by atoms with E-state index in [1.165, 1.54) is 32.1 Å². The molecule has 0 amide bonds. The largest absolute Gasteiger partial charge is 0.481 e. The molecule has 0 saturated heterocycles. The predicted octanol–water partition coefficient (Wildman–Crippen LogP) is 7.02. The van der Waals surface area contributed by atoms with Crippen molar-refractivity contribution in [1.82, 2.24) is 0 Å². The zero-order valence-corrected chi connectivity index (χ0v) is 19.6.